The summed E-state index contributed by atoms with van der Waals surface area (Å²) in [6.45, 7) is 3.16. The molecule has 108 valence electrons. The predicted molar refractivity (Wildman–Crippen MR) is 76.1 cm³/mol. The monoisotopic (exact) mass is 277 g/mol. The average Bonchev–Trinajstić information content (AvgIpc) is 2.94. The van der Waals surface area contributed by atoms with Crippen LogP contribution in [0.5, 0.6) is 5.75 Å². The van der Waals surface area contributed by atoms with Gasteiger partial charge in [0.15, 0.2) is 0 Å². The molecule has 4 nitrogen and oxygen atoms in total. The van der Waals surface area contributed by atoms with Crippen LogP contribution in [0.25, 0.3) is 0 Å². The lowest BCUT2D eigenvalue weighted by molar-refractivity contribution is 0.287. The second kappa shape index (κ2) is 7.05. The first-order valence-corrected chi connectivity index (χ1v) is 6.83. The Kier molecular flexibility index (Phi) is 5.12. The fraction of sp³-hybridized carbons (Fsp3) is 0.400. The molecule has 1 heterocycles. The number of nitrogens with two attached hydrogens (primary N) is 1. The van der Waals surface area contributed by atoms with E-state index in [1.54, 1.807) is 16.9 Å². The number of aromatic nitrogens is 2. The molecule has 2 rings (SSSR count). The van der Waals surface area contributed by atoms with Gasteiger partial charge in [-0.05, 0) is 42.7 Å². The Morgan fingerprint density at radius 3 is 3.00 bits per heavy atom. The molecule has 0 amide bonds. The van der Waals surface area contributed by atoms with Crippen molar-refractivity contribution in [2.75, 3.05) is 6.61 Å². The Bertz CT molecular complexity index is 528. The van der Waals surface area contributed by atoms with Crippen LogP contribution in [0.15, 0.2) is 36.7 Å². The first-order chi connectivity index (χ1) is 9.69. The Morgan fingerprint density at radius 2 is 2.30 bits per heavy atom. The van der Waals surface area contributed by atoms with E-state index in [4.69, 9.17) is 10.5 Å². The molecular formula is C15H20FN3O. The van der Waals surface area contributed by atoms with Crippen LogP contribution in [0.3, 0.4) is 0 Å². The van der Waals surface area contributed by atoms with Crippen molar-refractivity contribution in [3.63, 3.8) is 0 Å². The smallest absolute Gasteiger partial charge is 0.123 e. The molecule has 20 heavy (non-hydrogen) atoms. The number of halogens is 1. The van der Waals surface area contributed by atoms with Crippen LogP contribution in [0.2, 0.25) is 0 Å². The maximum atomic E-state index is 13.3. The summed E-state index contributed by atoms with van der Waals surface area (Å²) in [6.07, 6.45) is 5.07. The van der Waals surface area contributed by atoms with Crippen molar-refractivity contribution in [2.45, 2.75) is 32.4 Å². The van der Waals surface area contributed by atoms with E-state index in [0.29, 0.717) is 25.3 Å². The zero-order valence-electron chi connectivity index (χ0n) is 11.6. The molecule has 0 aliphatic heterocycles. The van der Waals surface area contributed by atoms with Crippen LogP contribution in [0.4, 0.5) is 4.39 Å². The average molecular weight is 277 g/mol. The minimum atomic E-state index is -0.261. The van der Waals surface area contributed by atoms with E-state index in [1.165, 1.54) is 12.1 Å². The molecule has 1 aromatic heterocycles. The van der Waals surface area contributed by atoms with Gasteiger partial charge in [0, 0.05) is 18.4 Å². The molecule has 1 aromatic carbocycles. The first kappa shape index (κ1) is 14.5. The van der Waals surface area contributed by atoms with Crippen molar-refractivity contribution in [2.24, 2.45) is 5.73 Å². The summed E-state index contributed by atoms with van der Waals surface area (Å²) < 4.78 is 20.9. The topological polar surface area (TPSA) is 53.1 Å². The van der Waals surface area contributed by atoms with Crippen molar-refractivity contribution >= 4 is 0 Å². The Labute approximate surface area is 118 Å². The molecule has 2 N–H and O–H groups in total. The van der Waals surface area contributed by atoms with Crippen LogP contribution in [-0.4, -0.2) is 22.4 Å². The molecular weight excluding hydrogens is 257 g/mol. The van der Waals surface area contributed by atoms with Crippen LogP contribution < -0.4 is 10.5 Å². The van der Waals surface area contributed by atoms with Gasteiger partial charge in [-0.2, -0.15) is 5.10 Å². The third kappa shape index (κ3) is 4.06. The van der Waals surface area contributed by atoms with Crippen LogP contribution >= 0.6 is 0 Å². The van der Waals surface area contributed by atoms with Gasteiger partial charge in [0.1, 0.15) is 18.2 Å². The van der Waals surface area contributed by atoms with Crippen LogP contribution in [0, 0.1) is 5.82 Å². The lowest BCUT2D eigenvalue weighted by Gasteiger charge is -2.14. The molecule has 0 radical (unpaired) electrons. The fourth-order valence-corrected chi connectivity index (χ4v) is 1.96. The normalized spacial score (nSPS) is 12.3. The van der Waals surface area contributed by atoms with E-state index < -0.39 is 0 Å². The quantitative estimate of drug-likeness (QED) is 0.845. The van der Waals surface area contributed by atoms with Crippen molar-refractivity contribution < 1.29 is 9.13 Å². The van der Waals surface area contributed by atoms with Gasteiger partial charge < -0.3 is 10.5 Å². The van der Waals surface area contributed by atoms with Crippen molar-refractivity contribution in [3.05, 3.63) is 48.0 Å². The molecule has 0 aliphatic rings. The fourth-order valence-electron chi connectivity index (χ4n) is 1.96. The first-order valence-electron chi connectivity index (χ1n) is 6.83. The maximum Gasteiger partial charge on any atom is 0.123 e. The summed E-state index contributed by atoms with van der Waals surface area (Å²) >= 11 is 0. The molecule has 2 aromatic rings. The minimum Gasteiger partial charge on any atom is -0.491 e. The molecule has 0 saturated carbocycles. The largest absolute Gasteiger partial charge is 0.491 e. The number of hydrogen-bond acceptors (Lipinski definition) is 3. The highest BCUT2D eigenvalue weighted by atomic mass is 19.1. The highest BCUT2D eigenvalue weighted by Crippen LogP contribution is 2.21. The Balaban J connectivity index is 1.98. The number of benzene rings is 1. The molecule has 0 fully saturated rings. The molecule has 0 saturated heterocycles. The van der Waals surface area contributed by atoms with Gasteiger partial charge in [-0.15, -0.1) is 0 Å². The third-order valence-corrected chi connectivity index (χ3v) is 3.17. The van der Waals surface area contributed by atoms with Crippen LogP contribution in [-0.2, 0) is 13.0 Å². The summed E-state index contributed by atoms with van der Waals surface area (Å²) in [4.78, 5) is 0. The van der Waals surface area contributed by atoms with Gasteiger partial charge in [0.25, 0.3) is 0 Å². The highest BCUT2D eigenvalue weighted by molar-refractivity contribution is 5.34. The SMILES string of the molecule is CCC(N)Cc1cc(F)ccc1OCCn1cccn1. The minimum absolute atomic E-state index is 0.0188. The summed E-state index contributed by atoms with van der Waals surface area (Å²) in [6, 6.07) is 6.45. The van der Waals surface area contributed by atoms with E-state index in [0.717, 1.165) is 12.0 Å². The Morgan fingerprint density at radius 1 is 1.45 bits per heavy atom. The molecule has 1 atom stereocenters. The molecule has 0 bridgehead atoms. The van der Waals surface area contributed by atoms with E-state index in [1.807, 2.05) is 19.2 Å². The summed E-state index contributed by atoms with van der Waals surface area (Å²) in [5.41, 5.74) is 6.76. The molecule has 5 heteroatoms. The number of hydrogen-bond donors (Lipinski definition) is 1. The van der Waals surface area contributed by atoms with E-state index in [-0.39, 0.29) is 11.9 Å². The Hall–Kier alpha value is -1.88. The third-order valence-electron chi connectivity index (χ3n) is 3.17. The van der Waals surface area contributed by atoms with Gasteiger partial charge in [-0.25, -0.2) is 4.39 Å². The van der Waals surface area contributed by atoms with Crippen molar-refractivity contribution in [1.29, 1.82) is 0 Å². The number of nitrogens with zero attached hydrogens (tertiary/aromatic N) is 2. The summed E-state index contributed by atoms with van der Waals surface area (Å²) in [5.74, 6) is 0.435. The van der Waals surface area contributed by atoms with Gasteiger partial charge >= 0.3 is 0 Å². The molecule has 0 aliphatic carbocycles. The maximum absolute atomic E-state index is 13.3. The number of rotatable bonds is 7. The van der Waals surface area contributed by atoms with E-state index >= 15 is 0 Å². The summed E-state index contributed by atoms with van der Waals surface area (Å²) in [5, 5.41) is 4.10. The molecule has 0 spiro atoms. The summed E-state index contributed by atoms with van der Waals surface area (Å²) in [7, 11) is 0. The second-order valence-electron chi connectivity index (χ2n) is 4.74. The van der Waals surface area contributed by atoms with Crippen LogP contribution in [0.1, 0.15) is 18.9 Å². The van der Waals surface area contributed by atoms with Crippen molar-refractivity contribution in [1.82, 2.24) is 9.78 Å². The zero-order chi connectivity index (χ0) is 14.4. The lowest BCUT2D eigenvalue weighted by Crippen LogP contribution is -2.22. The van der Waals surface area contributed by atoms with Gasteiger partial charge in [-0.1, -0.05) is 6.92 Å². The molecule has 1 unspecified atom stereocenters. The van der Waals surface area contributed by atoms with E-state index in [9.17, 15) is 4.39 Å². The van der Waals surface area contributed by atoms with E-state index in [2.05, 4.69) is 5.10 Å². The van der Waals surface area contributed by atoms with Crippen molar-refractivity contribution in [3.8, 4) is 5.75 Å². The predicted octanol–water partition coefficient (Wildman–Crippen LogP) is 2.38. The highest BCUT2D eigenvalue weighted by Gasteiger charge is 2.09. The standard InChI is InChI=1S/C15H20FN3O/c1-2-14(17)11-12-10-13(16)4-5-15(12)20-9-8-19-7-3-6-18-19/h3-7,10,14H,2,8-9,11,17H2,1H3. The van der Waals surface area contributed by atoms with Gasteiger partial charge in [0.2, 0.25) is 0 Å². The lowest BCUT2D eigenvalue weighted by atomic mass is 10.0. The second-order valence-corrected chi connectivity index (χ2v) is 4.74. The number of ether oxygens (including phenoxy) is 1. The van der Waals surface area contributed by atoms with Gasteiger partial charge in [-0.3, -0.25) is 4.68 Å². The zero-order valence-corrected chi connectivity index (χ0v) is 11.6. The van der Waals surface area contributed by atoms with Gasteiger partial charge in [0.05, 0.1) is 6.54 Å².